The van der Waals surface area contributed by atoms with Gasteiger partial charge in [0, 0.05) is 22.2 Å². The molecule has 2 heterocycles. The van der Waals surface area contributed by atoms with Gasteiger partial charge in [-0.1, -0.05) is 6.92 Å². The predicted molar refractivity (Wildman–Crippen MR) is 98.0 cm³/mol. The number of nitrogens with one attached hydrogen (secondary N) is 2. The number of aromatic nitrogens is 1. The maximum atomic E-state index is 12.4. The van der Waals surface area contributed by atoms with Crippen LogP contribution in [-0.2, 0) is 12.8 Å². The highest BCUT2D eigenvalue weighted by Gasteiger charge is 2.20. The Morgan fingerprint density at radius 1 is 1.36 bits per heavy atom. The van der Waals surface area contributed by atoms with Crippen LogP contribution in [0.5, 0.6) is 0 Å². The van der Waals surface area contributed by atoms with Crippen molar-refractivity contribution < 1.29 is 9.21 Å². The molecule has 1 unspecified atom stereocenters. The third-order valence-corrected chi connectivity index (χ3v) is 4.82. The fraction of sp³-hybridized carbons (Fsp3) is 0.300. The van der Waals surface area contributed by atoms with Crippen molar-refractivity contribution in [2.45, 2.75) is 33.1 Å². The van der Waals surface area contributed by atoms with E-state index in [0.717, 1.165) is 29.5 Å². The molecule has 0 saturated carbocycles. The first kappa shape index (κ1) is 15.7. The van der Waals surface area contributed by atoms with Crippen LogP contribution in [0.1, 0.15) is 46.5 Å². The second-order valence-electron chi connectivity index (χ2n) is 6.84. The van der Waals surface area contributed by atoms with Gasteiger partial charge < -0.3 is 9.40 Å². The number of carbonyl (C=O) groups is 1. The number of carbonyl (C=O) groups excluding carboxylic acids is 1. The van der Waals surface area contributed by atoms with E-state index >= 15 is 0 Å². The predicted octanol–water partition coefficient (Wildman–Crippen LogP) is 3.96. The summed E-state index contributed by atoms with van der Waals surface area (Å²) in [6, 6.07) is 9.44. The molecule has 4 rings (SSSR count). The summed E-state index contributed by atoms with van der Waals surface area (Å²) in [7, 11) is 0. The van der Waals surface area contributed by atoms with E-state index in [1.165, 1.54) is 23.9 Å². The summed E-state index contributed by atoms with van der Waals surface area (Å²) in [6.45, 7) is 4.15. The van der Waals surface area contributed by atoms with Gasteiger partial charge in [-0.05, 0) is 68.0 Å². The zero-order chi connectivity index (χ0) is 17.4. The van der Waals surface area contributed by atoms with Crippen LogP contribution < -0.4 is 5.43 Å². The Bertz CT molecular complexity index is 965. The number of rotatable bonds is 3. The van der Waals surface area contributed by atoms with Crippen LogP contribution in [0.25, 0.3) is 10.9 Å². The smallest absolute Gasteiger partial charge is 0.271 e. The van der Waals surface area contributed by atoms with Gasteiger partial charge >= 0.3 is 0 Å². The number of aromatic amines is 1. The second-order valence-corrected chi connectivity index (χ2v) is 6.84. The van der Waals surface area contributed by atoms with Crippen LogP contribution in [0.3, 0.4) is 0 Å². The van der Waals surface area contributed by atoms with E-state index in [0.29, 0.717) is 17.2 Å². The standard InChI is InChI=1S/C20H21N3O2/c1-12-3-7-18-16(9-12)17-10-14(5-8-19(17)22-18)20(24)23-21-11-15-6-4-13(2)25-15/h4-6,8,10-12,22H,3,7,9H2,1-2H3,(H,23,24)/b21-11-. The molecule has 0 bridgehead atoms. The molecular formula is C20H21N3O2. The van der Waals surface area contributed by atoms with Crippen molar-refractivity contribution in [3.8, 4) is 0 Å². The first-order chi connectivity index (χ1) is 12.1. The first-order valence-corrected chi connectivity index (χ1v) is 8.63. The van der Waals surface area contributed by atoms with E-state index in [1.54, 1.807) is 0 Å². The van der Waals surface area contributed by atoms with Crippen molar-refractivity contribution in [2.75, 3.05) is 0 Å². The maximum Gasteiger partial charge on any atom is 0.271 e. The normalized spacial score (nSPS) is 17.1. The topological polar surface area (TPSA) is 70.4 Å². The zero-order valence-corrected chi connectivity index (χ0v) is 14.4. The highest BCUT2D eigenvalue weighted by Crippen LogP contribution is 2.32. The summed E-state index contributed by atoms with van der Waals surface area (Å²) in [5, 5.41) is 5.13. The maximum absolute atomic E-state index is 12.4. The summed E-state index contributed by atoms with van der Waals surface area (Å²) < 4.78 is 5.39. The van der Waals surface area contributed by atoms with Crippen LogP contribution >= 0.6 is 0 Å². The zero-order valence-electron chi connectivity index (χ0n) is 14.4. The molecule has 25 heavy (non-hydrogen) atoms. The van der Waals surface area contributed by atoms with E-state index < -0.39 is 0 Å². The van der Waals surface area contributed by atoms with Crippen LogP contribution in [0.2, 0.25) is 0 Å². The van der Waals surface area contributed by atoms with Gasteiger partial charge in [0.05, 0.1) is 6.21 Å². The average molecular weight is 335 g/mol. The molecule has 2 aromatic heterocycles. The molecule has 5 heteroatoms. The van der Waals surface area contributed by atoms with Crippen molar-refractivity contribution in [3.05, 3.63) is 58.7 Å². The van der Waals surface area contributed by atoms with E-state index in [9.17, 15) is 4.79 Å². The molecule has 1 aromatic carbocycles. The van der Waals surface area contributed by atoms with Gasteiger partial charge in [-0.15, -0.1) is 0 Å². The van der Waals surface area contributed by atoms with Crippen molar-refractivity contribution in [1.82, 2.24) is 10.4 Å². The Morgan fingerprint density at radius 2 is 2.24 bits per heavy atom. The van der Waals surface area contributed by atoms with Crippen LogP contribution in [-0.4, -0.2) is 17.1 Å². The number of aryl methyl sites for hydroxylation is 2. The molecule has 1 aliphatic rings. The van der Waals surface area contributed by atoms with Crippen molar-refractivity contribution in [2.24, 2.45) is 11.0 Å². The molecule has 1 aliphatic carbocycles. The molecule has 0 fully saturated rings. The molecule has 1 atom stereocenters. The van der Waals surface area contributed by atoms with Gasteiger partial charge in [0.1, 0.15) is 11.5 Å². The average Bonchev–Trinajstić information content (AvgIpc) is 3.17. The number of hydrogen-bond donors (Lipinski definition) is 2. The van der Waals surface area contributed by atoms with Gasteiger partial charge in [-0.25, -0.2) is 5.43 Å². The molecule has 128 valence electrons. The molecule has 1 amide bonds. The Balaban J connectivity index is 1.55. The number of amides is 1. The van der Waals surface area contributed by atoms with Crippen molar-refractivity contribution in [1.29, 1.82) is 0 Å². The fourth-order valence-electron chi connectivity index (χ4n) is 3.47. The lowest BCUT2D eigenvalue weighted by atomic mass is 9.87. The Hall–Kier alpha value is -2.82. The fourth-order valence-corrected chi connectivity index (χ4v) is 3.47. The number of hydrazone groups is 1. The highest BCUT2D eigenvalue weighted by molar-refractivity contribution is 5.99. The number of hydrogen-bond acceptors (Lipinski definition) is 3. The van der Waals surface area contributed by atoms with Gasteiger partial charge in [0.2, 0.25) is 0 Å². The number of benzene rings is 1. The lowest BCUT2D eigenvalue weighted by Crippen LogP contribution is -2.17. The molecule has 0 spiro atoms. The first-order valence-electron chi connectivity index (χ1n) is 8.63. The second kappa shape index (κ2) is 6.24. The molecule has 3 aromatic rings. The summed E-state index contributed by atoms with van der Waals surface area (Å²) in [6.07, 6.45) is 4.87. The Kier molecular flexibility index (Phi) is 3.92. The van der Waals surface area contributed by atoms with E-state index in [4.69, 9.17) is 4.42 Å². The number of fused-ring (bicyclic) bond motifs is 3. The summed E-state index contributed by atoms with van der Waals surface area (Å²) in [5.74, 6) is 1.89. The third-order valence-electron chi connectivity index (χ3n) is 4.82. The molecule has 0 aliphatic heterocycles. The van der Waals surface area contributed by atoms with Crippen molar-refractivity contribution >= 4 is 23.0 Å². The minimum atomic E-state index is -0.222. The Labute approximate surface area is 146 Å². The minimum absolute atomic E-state index is 0.222. The molecule has 5 nitrogen and oxygen atoms in total. The number of H-pyrrole nitrogens is 1. The highest BCUT2D eigenvalue weighted by atomic mass is 16.3. The summed E-state index contributed by atoms with van der Waals surface area (Å²) >= 11 is 0. The quantitative estimate of drug-likeness (QED) is 0.562. The van der Waals surface area contributed by atoms with Gasteiger partial charge in [-0.2, -0.15) is 5.10 Å². The number of nitrogens with zero attached hydrogens (tertiary/aromatic N) is 1. The minimum Gasteiger partial charge on any atom is -0.460 e. The van der Waals surface area contributed by atoms with Gasteiger partial charge in [-0.3, -0.25) is 4.79 Å². The lowest BCUT2D eigenvalue weighted by Gasteiger charge is -2.18. The Morgan fingerprint density at radius 3 is 3.04 bits per heavy atom. The van der Waals surface area contributed by atoms with Crippen LogP contribution in [0.4, 0.5) is 0 Å². The third kappa shape index (κ3) is 3.09. The van der Waals surface area contributed by atoms with E-state index in [1.807, 2.05) is 37.3 Å². The van der Waals surface area contributed by atoms with E-state index in [-0.39, 0.29) is 5.91 Å². The SMILES string of the molecule is Cc1ccc(/C=N\NC(=O)c2ccc3[nH]c4c(c3c2)CC(C)CC4)o1. The summed E-state index contributed by atoms with van der Waals surface area (Å²) in [5.41, 5.74) is 6.95. The monoisotopic (exact) mass is 335 g/mol. The summed E-state index contributed by atoms with van der Waals surface area (Å²) in [4.78, 5) is 15.9. The lowest BCUT2D eigenvalue weighted by molar-refractivity contribution is 0.0955. The van der Waals surface area contributed by atoms with Crippen LogP contribution in [0.15, 0.2) is 39.9 Å². The van der Waals surface area contributed by atoms with Gasteiger partial charge in [0.25, 0.3) is 5.91 Å². The van der Waals surface area contributed by atoms with Crippen LogP contribution in [0, 0.1) is 12.8 Å². The number of furan rings is 1. The molecule has 2 N–H and O–H groups in total. The largest absolute Gasteiger partial charge is 0.460 e. The molecular weight excluding hydrogens is 314 g/mol. The van der Waals surface area contributed by atoms with E-state index in [2.05, 4.69) is 22.4 Å². The van der Waals surface area contributed by atoms with Gasteiger partial charge in [0.15, 0.2) is 0 Å². The molecule has 0 radical (unpaired) electrons. The molecule has 0 saturated heterocycles. The van der Waals surface area contributed by atoms with Crippen molar-refractivity contribution in [3.63, 3.8) is 0 Å².